The van der Waals surface area contributed by atoms with Gasteiger partial charge in [0.05, 0.1) is 12.7 Å². The molecule has 0 aliphatic heterocycles. The number of esters is 1. The van der Waals surface area contributed by atoms with Crippen LogP contribution in [0.1, 0.15) is 41.8 Å². The highest BCUT2D eigenvalue weighted by Gasteiger charge is 2.10. The van der Waals surface area contributed by atoms with Crippen molar-refractivity contribution < 1.29 is 14.3 Å². The van der Waals surface area contributed by atoms with Gasteiger partial charge in [0, 0.05) is 24.3 Å². The lowest BCUT2D eigenvalue weighted by Crippen LogP contribution is -2.18. The van der Waals surface area contributed by atoms with Crippen LogP contribution in [-0.2, 0) is 22.4 Å². The number of carbonyl (C=O) groups is 2. The molecule has 0 heterocycles. The minimum absolute atomic E-state index is 0.0146. The highest BCUT2D eigenvalue weighted by atomic mass is 16.5. The summed E-state index contributed by atoms with van der Waals surface area (Å²) in [5, 5.41) is 6.25. The molecular formula is C21H26N2O3. The van der Waals surface area contributed by atoms with Gasteiger partial charge < -0.3 is 15.4 Å². The molecule has 0 saturated heterocycles. The third kappa shape index (κ3) is 5.09. The van der Waals surface area contributed by atoms with E-state index in [0.29, 0.717) is 18.5 Å². The average molecular weight is 354 g/mol. The van der Waals surface area contributed by atoms with Crippen molar-refractivity contribution in [1.29, 1.82) is 0 Å². The zero-order valence-corrected chi connectivity index (χ0v) is 15.6. The van der Waals surface area contributed by atoms with Gasteiger partial charge in [0.2, 0.25) is 5.91 Å². The summed E-state index contributed by atoms with van der Waals surface area (Å²) in [4.78, 5) is 23.7. The second-order valence-electron chi connectivity index (χ2n) is 5.95. The normalized spacial score (nSPS) is 10.3. The molecule has 26 heavy (non-hydrogen) atoms. The number of amides is 1. The highest BCUT2D eigenvalue weighted by molar-refractivity contribution is 5.93. The van der Waals surface area contributed by atoms with Gasteiger partial charge in [-0.3, -0.25) is 4.79 Å². The summed E-state index contributed by atoms with van der Waals surface area (Å²) in [7, 11) is 1.35. The van der Waals surface area contributed by atoms with Crippen molar-refractivity contribution in [2.45, 2.75) is 33.1 Å². The van der Waals surface area contributed by atoms with Crippen LogP contribution < -0.4 is 10.6 Å². The SMILES string of the molecule is CCc1cccc(CC)c1NC(=O)CCNc1ccc(C(=O)OC)cc1. The minimum Gasteiger partial charge on any atom is -0.465 e. The Morgan fingerprint density at radius 2 is 1.58 bits per heavy atom. The molecule has 0 spiro atoms. The van der Waals surface area contributed by atoms with Crippen molar-refractivity contribution in [3.05, 3.63) is 59.2 Å². The number of methoxy groups -OCH3 is 1. The standard InChI is InChI=1S/C21H26N2O3/c1-4-15-7-6-8-16(5-2)20(15)23-19(24)13-14-22-18-11-9-17(10-12-18)21(25)26-3/h6-12,22H,4-5,13-14H2,1-3H3,(H,23,24). The highest BCUT2D eigenvalue weighted by Crippen LogP contribution is 2.22. The van der Waals surface area contributed by atoms with Gasteiger partial charge in [0.1, 0.15) is 0 Å². The van der Waals surface area contributed by atoms with Crippen LogP contribution >= 0.6 is 0 Å². The predicted molar refractivity (Wildman–Crippen MR) is 105 cm³/mol. The lowest BCUT2D eigenvalue weighted by Gasteiger charge is -2.14. The maximum atomic E-state index is 12.3. The van der Waals surface area contributed by atoms with Crippen LogP contribution in [0, 0.1) is 0 Å². The van der Waals surface area contributed by atoms with Crippen LogP contribution in [-0.4, -0.2) is 25.5 Å². The minimum atomic E-state index is -0.364. The van der Waals surface area contributed by atoms with Crippen molar-refractivity contribution >= 4 is 23.3 Å². The van der Waals surface area contributed by atoms with Gasteiger partial charge in [0.15, 0.2) is 0 Å². The molecule has 0 aromatic heterocycles. The number of hydrogen-bond donors (Lipinski definition) is 2. The molecule has 5 heteroatoms. The van der Waals surface area contributed by atoms with Crippen LogP contribution in [0.15, 0.2) is 42.5 Å². The molecule has 0 saturated carbocycles. The van der Waals surface area contributed by atoms with Crippen LogP contribution in [0.2, 0.25) is 0 Å². The van der Waals surface area contributed by atoms with E-state index in [2.05, 4.69) is 41.4 Å². The molecule has 0 radical (unpaired) electrons. The summed E-state index contributed by atoms with van der Waals surface area (Å²) in [5.74, 6) is -0.378. The van der Waals surface area contributed by atoms with Crippen molar-refractivity contribution in [3.8, 4) is 0 Å². The number of nitrogens with one attached hydrogen (secondary N) is 2. The van der Waals surface area contributed by atoms with Gasteiger partial charge in [-0.25, -0.2) is 4.79 Å². The van der Waals surface area contributed by atoms with Gasteiger partial charge in [-0.2, -0.15) is 0 Å². The number of benzene rings is 2. The Morgan fingerprint density at radius 1 is 0.962 bits per heavy atom. The summed E-state index contributed by atoms with van der Waals surface area (Å²) in [6, 6.07) is 13.1. The molecule has 2 N–H and O–H groups in total. The van der Waals surface area contributed by atoms with Crippen LogP contribution in [0.4, 0.5) is 11.4 Å². The summed E-state index contributed by atoms with van der Waals surface area (Å²) >= 11 is 0. The maximum Gasteiger partial charge on any atom is 0.337 e. The topological polar surface area (TPSA) is 67.4 Å². The van der Waals surface area contributed by atoms with Crippen molar-refractivity contribution in [1.82, 2.24) is 0 Å². The maximum absolute atomic E-state index is 12.3. The first-order valence-electron chi connectivity index (χ1n) is 8.91. The molecule has 1 amide bonds. The van der Waals surface area contributed by atoms with Crippen LogP contribution in [0.5, 0.6) is 0 Å². The van der Waals surface area contributed by atoms with Crippen molar-refractivity contribution in [2.24, 2.45) is 0 Å². The van der Waals surface area contributed by atoms with E-state index in [-0.39, 0.29) is 11.9 Å². The summed E-state index contributed by atoms with van der Waals surface area (Å²) in [5.41, 5.74) is 4.62. The fourth-order valence-corrected chi connectivity index (χ4v) is 2.77. The first-order chi connectivity index (χ1) is 12.6. The molecule has 0 atom stereocenters. The fourth-order valence-electron chi connectivity index (χ4n) is 2.77. The van der Waals surface area contributed by atoms with E-state index in [4.69, 9.17) is 0 Å². The number of para-hydroxylation sites is 1. The molecule has 0 bridgehead atoms. The lowest BCUT2D eigenvalue weighted by molar-refractivity contribution is -0.116. The first-order valence-corrected chi connectivity index (χ1v) is 8.91. The van der Waals surface area contributed by atoms with Gasteiger partial charge >= 0.3 is 5.97 Å². The Labute approximate surface area is 154 Å². The fraction of sp³-hybridized carbons (Fsp3) is 0.333. The number of anilines is 2. The number of ether oxygens (including phenoxy) is 1. The van der Waals surface area contributed by atoms with Gasteiger partial charge in [-0.05, 0) is 48.2 Å². The van der Waals surface area contributed by atoms with E-state index in [9.17, 15) is 9.59 Å². The summed E-state index contributed by atoms with van der Waals surface area (Å²) in [6.07, 6.45) is 2.13. The van der Waals surface area contributed by atoms with Crippen molar-refractivity contribution in [3.63, 3.8) is 0 Å². The largest absolute Gasteiger partial charge is 0.465 e. The molecule has 2 aromatic carbocycles. The molecule has 0 fully saturated rings. The summed E-state index contributed by atoms with van der Waals surface area (Å²) in [6.45, 7) is 4.69. The molecule has 2 aromatic rings. The van der Waals surface area contributed by atoms with Gasteiger partial charge in [-0.1, -0.05) is 32.0 Å². The Hall–Kier alpha value is -2.82. The number of hydrogen-bond acceptors (Lipinski definition) is 4. The lowest BCUT2D eigenvalue weighted by atomic mass is 10.0. The Balaban J connectivity index is 1.89. The van der Waals surface area contributed by atoms with E-state index in [1.807, 2.05) is 6.07 Å². The smallest absolute Gasteiger partial charge is 0.337 e. The second-order valence-corrected chi connectivity index (χ2v) is 5.95. The second kappa shape index (κ2) is 9.61. The average Bonchev–Trinajstić information content (AvgIpc) is 2.68. The number of carbonyl (C=O) groups excluding carboxylic acids is 2. The van der Waals surface area contributed by atoms with E-state index < -0.39 is 0 Å². The predicted octanol–water partition coefficient (Wildman–Crippen LogP) is 4.04. The molecule has 5 nitrogen and oxygen atoms in total. The molecule has 2 rings (SSSR count). The first kappa shape index (κ1) is 19.5. The molecule has 0 aliphatic carbocycles. The third-order valence-corrected chi connectivity index (χ3v) is 4.25. The van der Waals surface area contributed by atoms with Gasteiger partial charge in [0.25, 0.3) is 0 Å². The van der Waals surface area contributed by atoms with E-state index in [0.717, 1.165) is 35.3 Å². The van der Waals surface area contributed by atoms with Crippen LogP contribution in [0.3, 0.4) is 0 Å². The summed E-state index contributed by atoms with van der Waals surface area (Å²) < 4.78 is 4.67. The molecule has 138 valence electrons. The van der Waals surface area contributed by atoms with E-state index >= 15 is 0 Å². The molecule has 0 unspecified atom stereocenters. The number of rotatable bonds is 8. The van der Waals surface area contributed by atoms with Gasteiger partial charge in [-0.15, -0.1) is 0 Å². The van der Waals surface area contributed by atoms with Crippen molar-refractivity contribution in [2.75, 3.05) is 24.3 Å². The zero-order valence-electron chi connectivity index (χ0n) is 15.6. The quantitative estimate of drug-likeness (QED) is 0.702. The zero-order chi connectivity index (χ0) is 18.9. The number of aryl methyl sites for hydroxylation is 2. The Bertz CT molecular complexity index is 732. The Kier molecular flexibility index (Phi) is 7.21. The molecular weight excluding hydrogens is 328 g/mol. The van der Waals surface area contributed by atoms with E-state index in [1.165, 1.54) is 7.11 Å². The van der Waals surface area contributed by atoms with E-state index in [1.54, 1.807) is 24.3 Å². The Morgan fingerprint density at radius 3 is 2.12 bits per heavy atom. The third-order valence-electron chi connectivity index (χ3n) is 4.25. The molecule has 0 aliphatic rings. The monoisotopic (exact) mass is 354 g/mol. The van der Waals surface area contributed by atoms with Crippen LogP contribution in [0.25, 0.3) is 0 Å².